The van der Waals surface area contributed by atoms with Crippen molar-refractivity contribution >= 4 is 35.3 Å². The highest BCUT2D eigenvalue weighted by atomic mass is 32.2. The Kier molecular flexibility index (Phi) is 11.7. The zero-order valence-electron chi connectivity index (χ0n) is 14.5. The minimum Gasteiger partial charge on any atom is -0.493 e. The molecule has 136 valence electrons. The third kappa shape index (κ3) is 10.6. The number of benzene rings is 2. The van der Waals surface area contributed by atoms with Crippen LogP contribution in [0.5, 0.6) is 11.5 Å². The summed E-state index contributed by atoms with van der Waals surface area (Å²) in [7, 11) is 0. The molecule has 5 heteroatoms. The molecule has 0 aromatic heterocycles. The van der Waals surface area contributed by atoms with E-state index >= 15 is 0 Å². The number of hydrogen-bond acceptors (Lipinski definition) is 5. The SMILES string of the molecule is c1ccc(OCCSCCSCCSCCOc2ccccc2)cc1. The maximum atomic E-state index is 5.68. The molecular weight excluding hydrogens is 368 g/mol. The summed E-state index contributed by atoms with van der Waals surface area (Å²) in [6.45, 7) is 1.58. The third-order valence-corrected chi connectivity index (χ3v) is 6.62. The molecule has 0 aliphatic heterocycles. The van der Waals surface area contributed by atoms with E-state index in [4.69, 9.17) is 9.47 Å². The fraction of sp³-hybridized carbons (Fsp3) is 0.400. The topological polar surface area (TPSA) is 18.5 Å². The second-order valence-corrected chi connectivity index (χ2v) is 8.83. The van der Waals surface area contributed by atoms with Gasteiger partial charge in [-0.2, -0.15) is 35.3 Å². The second kappa shape index (κ2) is 14.3. The van der Waals surface area contributed by atoms with Crippen LogP contribution in [0.15, 0.2) is 60.7 Å². The number of para-hydroxylation sites is 2. The molecule has 0 radical (unpaired) electrons. The van der Waals surface area contributed by atoms with E-state index in [0.29, 0.717) is 0 Å². The summed E-state index contributed by atoms with van der Waals surface area (Å²) in [4.78, 5) is 0. The lowest BCUT2D eigenvalue weighted by Crippen LogP contribution is -2.02. The summed E-state index contributed by atoms with van der Waals surface area (Å²) < 4.78 is 11.4. The van der Waals surface area contributed by atoms with Gasteiger partial charge >= 0.3 is 0 Å². The lowest BCUT2D eigenvalue weighted by Gasteiger charge is -2.06. The fourth-order valence-electron chi connectivity index (χ4n) is 2.01. The summed E-state index contributed by atoms with van der Waals surface area (Å²) in [5, 5.41) is 0. The molecule has 0 spiro atoms. The van der Waals surface area contributed by atoms with E-state index in [1.807, 2.05) is 95.9 Å². The number of hydrogen-bond donors (Lipinski definition) is 0. The van der Waals surface area contributed by atoms with Crippen LogP contribution in [0.25, 0.3) is 0 Å². The van der Waals surface area contributed by atoms with Gasteiger partial charge in [-0.15, -0.1) is 0 Å². The predicted octanol–water partition coefficient (Wildman–Crippen LogP) is 5.34. The molecule has 0 heterocycles. The molecule has 0 aliphatic rings. The number of rotatable bonds is 14. The largest absolute Gasteiger partial charge is 0.493 e. The van der Waals surface area contributed by atoms with Gasteiger partial charge in [0.05, 0.1) is 13.2 Å². The Morgan fingerprint density at radius 1 is 0.480 bits per heavy atom. The summed E-state index contributed by atoms with van der Waals surface area (Å²) in [5.41, 5.74) is 0. The monoisotopic (exact) mass is 394 g/mol. The number of ether oxygens (including phenoxy) is 2. The number of thioether (sulfide) groups is 3. The lowest BCUT2D eigenvalue weighted by molar-refractivity contribution is 0.344. The highest BCUT2D eigenvalue weighted by molar-refractivity contribution is 8.04. The quantitative estimate of drug-likeness (QED) is 0.401. The van der Waals surface area contributed by atoms with Gasteiger partial charge in [0.15, 0.2) is 0 Å². The Labute approximate surface area is 164 Å². The minimum absolute atomic E-state index is 0.788. The van der Waals surface area contributed by atoms with Crippen molar-refractivity contribution in [1.29, 1.82) is 0 Å². The third-order valence-electron chi connectivity index (χ3n) is 3.22. The van der Waals surface area contributed by atoms with Crippen molar-refractivity contribution in [2.45, 2.75) is 0 Å². The molecule has 25 heavy (non-hydrogen) atoms. The van der Waals surface area contributed by atoms with Gasteiger partial charge < -0.3 is 9.47 Å². The van der Waals surface area contributed by atoms with Crippen LogP contribution in [0.3, 0.4) is 0 Å². The molecule has 2 aromatic carbocycles. The molecule has 0 saturated carbocycles. The highest BCUT2D eigenvalue weighted by Crippen LogP contribution is 2.13. The average molecular weight is 395 g/mol. The first kappa shape index (κ1) is 20.4. The smallest absolute Gasteiger partial charge is 0.119 e. The van der Waals surface area contributed by atoms with Crippen molar-refractivity contribution in [3.63, 3.8) is 0 Å². The van der Waals surface area contributed by atoms with Crippen molar-refractivity contribution in [3.8, 4) is 11.5 Å². The van der Waals surface area contributed by atoms with E-state index in [1.165, 1.54) is 23.0 Å². The molecule has 0 aliphatic carbocycles. The van der Waals surface area contributed by atoms with Gasteiger partial charge in [0.2, 0.25) is 0 Å². The normalized spacial score (nSPS) is 10.6. The van der Waals surface area contributed by atoms with Gasteiger partial charge in [-0.05, 0) is 24.3 Å². The summed E-state index contributed by atoms with van der Waals surface area (Å²) >= 11 is 5.98. The molecule has 2 rings (SSSR count). The molecule has 2 aromatic rings. The van der Waals surface area contributed by atoms with E-state index in [-0.39, 0.29) is 0 Å². The van der Waals surface area contributed by atoms with E-state index < -0.39 is 0 Å². The molecule has 0 fully saturated rings. The summed E-state index contributed by atoms with van der Waals surface area (Å²) in [6, 6.07) is 20.0. The summed E-state index contributed by atoms with van der Waals surface area (Å²) in [5.74, 6) is 8.88. The lowest BCUT2D eigenvalue weighted by atomic mass is 10.3. The van der Waals surface area contributed by atoms with Crippen LogP contribution >= 0.6 is 35.3 Å². The Morgan fingerprint density at radius 3 is 1.24 bits per heavy atom. The highest BCUT2D eigenvalue weighted by Gasteiger charge is 1.96. The van der Waals surface area contributed by atoms with E-state index in [2.05, 4.69) is 0 Å². The van der Waals surface area contributed by atoms with Gasteiger partial charge in [0.25, 0.3) is 0 Å². The molecule has 0 bridgehead atoms. The van der Waals surface area contributed by atoms with Crippen molar-refractivity contribution in [3.05, 3.63) is 60.7 Å². The Hall–Kier alpha value is -0.910. The Balaban J connectivity index is 1.30. The van der Waals surface area contributed by atoms with Gasteiger partial charge in [0.1, 0.15) is 11.5 Å². The van der Waals surface area contributed by atoms with Crippen LogP contribution in [0.2, 0.25) is 0 Å². The van der Waals surface area contributed by atoms with Crippen molar-refractivity contribution in [2.24, 2.45) is 0 Å². The van der Waals surface area contributed by atoms with Gasteiger partial charge in [0, 0.05) is 34.5 Å². The van der Waals surface area contributed by atoms with Crippen LogP contribution in [0, 0.1) is 0 Å². The van der Waals surface area contributed by atoms with Crippen LogP contribution in [-0.2, 0) is 0 Å². The molecule has 0 N–H and O–H groups in total. The van der Waals surface area contributed by atoms with Crippen LogP contribution < -0.4 is 9.47 Å². The first-order valence-corrected chi connectivity index (χ1v) is 12.0. The maximum Gasteiger partial charge on any atom is 0.119 e. The van der Waals surface area contributed by atoms with E-state index in [1.54, 1.807) is 0 Å². The van der Waals surface area contributed by atoms with Crippen molar-refractivity contribution < 1.29 is 9.47 Å². The fourth-order valence-corrected chi connectivity index (χ4v) is 4.91. The molecule has 0 atom stereocenters. The molecule has 0 amide bonds. The average Bonchev–Trinajstić information content (AvgIpc) is 2.67. The zero-order chi connectivity index (χ0) is 17.4. The first-order chi connectivity index (χ1) is 12.4. The minimum atomic E-state index is 0.788. The van der Waals surface area contributed by atoms with Crippen LogP contribution in [0.1, 0.15) is 0 Å². The van der Waals surface area contributed by atoms with Crippen molar-refractivity contribution in [1.82, 2.24) is 0 Å². The molecule has 2 nitrogen and oxygen atoms in total. The van der Waals surface area contributed by atoms with E-state index in [9.17, 15) is 0 Å². The van der Waals surface area contributed by atoms with Gasteiger partial charge in [-0.1, -0.05) is 36.4 Å². The first-order valence-electron chi connectivity index (χ1n) is 8.54. The van der Waals surface area contributed by atoms with Crippen molar-refractivity contribution in [2.75, 3.05) is 47.7 Å². The van der Waals surface area contributed by atoms with E-state index in [0.717, 1.165) is 36.2 Å². The van der Waals surface area contributed by atoms with Crippen LogP contribution in [-0.4, -0.2) is 47.7 Å². The Morgan fingerprint density at radius 2 is 0.840 bits per heavy atom. The second-order valence-electron chi connectivity index (χ2n) is 5.16. The molecule has 0 saturated heterocycles. The Bertz CT molecular complexity index is 488. The molecular formula is C20H26O2S3. The summed E-state index contributed by atoms with van der Waals surface area (Å²) in [6.07, 6.45) is 0. The predicted molar refractivity (Wildman–Crippen MR) is 116 cm³/mol. The van der Waals surface area contributed by atoms with Crippen LogP contribution in [0.4, 0.5) is 0 Å². The maximum absolute atomic E-state index is 5.68. The molecule has 0 unspecified atom stereocenters. The standard InChI is InChI=1S/C20H26O2S3/c1-3-7-19(8-4-1)21-11-13-23-15-17-25-18-16-24-14-12-22-20-9-5-2-6-10-20/h1-10H,11-18H2. The van der Waals surface area contributed by atoms with Gasteiger partial charge in [-0.3, -0.25) is 0 Å². The van der Waals surface area contributed by atoms with Gasteiger partial charge in [-0.25, -0.2) is 0 Å². The zero-order valence-corrected chi connectivity index (χ0v) is 16.9.